The Balaban J connectivity index is 1.55. The summed E-state index contributed by atoms with van der Waals surface area (Å²) in [7, 11) is -9.08. The molecule has 1 saturated carbocycles. The number of halogens is 2. The van der Waals surface area contributed by atoms with Gasteiger partial charge >= 0.3 is 27.3 Å². The van der Waals surface area contributed by atoms with Crippen molar-refractivity contribution in [2.45, 2.75) is 85.3 Å². The van der Waals surface area contributed by atoms with E-state index < -0.39 is 49.8 Å². The average molecular weight is 689 g/mol. The van der Waals surface area contributed by atoms with Gasteiger partial charge in [0.1, 0.15) is 11.4 Å². The summed E-state index contributed by atoms with van der Waals surface area (Å²) in [6.07, 6.45) is 4.35. The van der Waals surface area contributed by atoms with Crippen LogP contribution in [0.5, 0.6) is 5.75 Å². The third-order valence-electron chi connectivity index (χ3n) is 8.55. The summed E-state index contributed by atoms with van der Waals surface area (Å²) >= 11 is 0. The van der Waals surface area contributed by atoms with Gasteiger partial charge < -0.3 is 14.2 Å². The van der Waals surface area contributed by atoms with E-state index in [1.165, 1.54) is 6.92 Å². The third kappa shape index (κ3) is 6.42. The van der Waals surface area contributed by atoms with Gasteiger partial charge in [0.25, 0.3) is 0 Å². The van der Waals surface area contributed by atoms with Crippen molar-refractivity contribution in [1.82, 2.24) is 0 Å². The predicted octanol–water partition coefficient (Wildman–Crippen LogP) is 8.18. The molecule has 0 amide bonds. The quantitative estimate of drug-likeness (QED) is 0.139. The van der Waals surface area contributed by atoms with Crippen LogP contribution in [0.2, 0.25) is 0 Å². The Kier molecular flexibility index (Phi) is 9.60. The van der Waals surface area contributed by atoms with Crippen molar-refractivity contribution in [2.75, 3.05) is 13.2 Å². The Bertz CT molecular complexity index is 1760. The van der Waals surface area contributed by atoms with Crippen molar-refractivity contribution in [2.24, 2.45) is 0 Å². The Morgan fingerprint density at radius 3 is 2.00 bits per heavy atom. The number of ether oxygens (including phenoxy) is 3. The van der Waals surface area contributed by atoms with Gasteiger partial charge in [-0.15, -0.1) is 0 Å². The predicted molar refractivity (Wildman–Crippen MR) is 174 cm³/mol. The molecular formula is C35H38F2O8S2. The van der Waals surface area contributed by atoms with E-state index in [0.29, 0.717) is 42.7 Å². The summed E-state index contributed by atoms with van der Waals surface area (Å²) < 4.78 is 80.1. The van der Waals surface area contributed by atoms with Crippen LogP contribution in [0.25, 0.3) is 11.1 Å². The lowest BCUT2D eigenvalue weighted by atomic mass is 9.99. The van der Waals surface area contributed by atoms with Crippen molar-refractivity contribution in [1.29, 1.82) is 0 Å². The second kappa shape index (κ2) is 13.0. The molecule has 0 radical (unpaired) electrons. The lowest BCUT2D eigenvalue weighted by molar-refractivity contribution is -0.162. The topological polar surface area (TPSA) is 105 Å². The molecule has 0 atom stereocenters. The van der Waals surface area contributed by atoms with Crippen LogP contribution in [0.4, 0.5) is 8.78 Å². The van der Waals surface area contributed by atoms with Crippen molar-refractivity contribution >= 4 is 32.4 Å². The van der Waals surface area contributed by atoms with E-state index in [9.17, 15) is 18.0 Å². The first-order valence-corrected chi connectivity index (χ1v) is 18.3. The minimum Gasteiger partial charge on any atom is -0.481 e. The molecule has 0 N–H and O–H groups in total. The van der Waals surface area contributed by atoms with Gasteiger partial charge in [0, 0.05) is 20.3 Å². The molecule has 5 rings (SSSR count). The number of fused-ring (bicyclic) bond motifs is 3. The zero-order chi connectivity index (χ0) is 34.2. The smallest absolute Gasteiger partial charge is 0.403 e. The van der Waals surface area contributed by atoms with Gasteiger partial charge in [0.2, 0.25) is 0 Å². The zero-order valence-electron chi connectivity index (χ0n) is 26.8. The molecule has 8 nitrogen and oxygen atoms in total. The number of esters is 2. The van der Waals surface area contributed by atoms with Crippen molar-refractivity contribution in [3.63, 3.8) is 0 Å². The number of hydrogen-bond acceptors (Lipinski definition) is 8. The summed E-state index contributed by atoms with van der Waals surface area (Å²) in [6, 6.07) is 17.1. The lowest BCUT2D eigenvalue weighted by Gasteiger charge is -2.38. The van der Waals surface area contributed by atoms with Gasteiger partial charge in [-0.3, -0.25) is 0 Å². The van der Waals surface area contributed by atoms with E-state index in [0.717, 1.165) is 32.1 Å². The summed E-state index contributed by atoms with van der Waals surface area (Å²) in [4.78, 5) is 25.8. The van der Waals surface area contributed by atoms with Gasteiger partial charge in [0.15, 0.2) is 13.2 Å². The number of carbonyl (C=O) groups is 2. The van der Waals surface area contributed by atoms with E-state index in [1.807, 2.05) is 6.92 Å². The highest BCUT2D eigenvalue weighted by Gasteiger charge is 2.54. The molecule has 0 spiro atoms. The number of benzene rings is 3. The Morgan fingerprint density at radius 1 is 0.957 bits per heavy atom. The van der Waals surface area contributed by atoms with Gasteiger partial charge in [-0.25, -0.2) is 13.2 Å². The summed E-state index contributed by atoms with van der Waals surface area (Å²) in [6.45, 7) is 7.97. The van der Waals surface area contributed by atoms with E-state index in [2.05, 4.69) is 11.3 Å². The molecule has 3 aromatic carbocycles. The molecule has 0 unspecified atom stereocenters. The monoisotopic (exact) mass is 688 g/mol. The van der Waals surface area contributed by atoms with Crippen LogP contribution < -0.4 is 4.74 Å². The molecule has 0 saturated heterocycles. The third-order valence-corrected chi connectivity index (χ3v) is 13.8. The summed E-state index contributed by atoms with van der Waals surface area (Å²) in [5.74, 6) is -1.25. The summed E-state index contributed by atoms with van der Waals surface area (Å²) in [5.41, 5.74) is 1.72. The highest BCUT2D eigenvalue weighted by Crippen LogP contribution is 2.77. The SMILES string of the molecule is C=C(C)C(=O)OCC(F)(F)S(=O)(=O)OS1(c2cc(C)c(OCC(=O)OC3(CC)CCCC3)c(C)c2)c2ccccc2-c2ccccc21. The number of rotatable bonds is 12. The van der Waals surface area contributed by atoms with Gasteiger partial charge in [-0.05, 0) is 110 Å². The molecule has 252 valence electrons. The van der Waals surface area contributed by atoms with Crippen LogP contribution in [-0.4, -0.2) is 44.4 Å². The highest BCUT2D eigenvalue weighted by atomic mass is 32.3. The molecular weight excluding hydrogens is 651 g/mol. The zero-order valence-corrected chi connectivity index (χ0v) is 28.4. The fraction of sp³-hybridized carbons (Fsp3) is 0.371. The van der Waals surface area contributed by atoms with Crippen molar-refractivity contribution in [3.8, 4) is 16.9 Å². The van der Waals surface area contributed by atoms with E-state index >= 15 is 8.78 Å². The number of aryl methyl sites for hydroxylation is 2. The first-order chi connectivity index (χ1) is 22.2. The van der Waals surface area contributed by atoms with Crippen LogP contribution in [-0.2, 0) is 32.8 Å². The first kappa shape index (κ1) is 34.6. The van der Waals surface area contributed by atoms with Crippen LogP contribution in [0.3, 0.4) is 0 Å². The van der Waals surface area contributed by atoms with E-state index in [-0.39, 0.29) is 12.2 Å². The molecule has 1 fully saturated rings. The maximum Gasteiger partial charge on any atom is 0.403 e. The molecule has 1 heterocycles. The minimum atomic E-state index is -5.73. The van der Waals surface area contributed by atoms with Gasteiger partial charge in [-0.1, -0.05) is 49.9 Å². The van der Waals surface area contributed by atoms with Crippen molar-refractivity contribution < 1.29 is 44.6 Å². The average Bonchev–Trinajstić information content (AvgIpc) is 3.61. The minimum absolute atomic E-state index is 0.162. The normalized spacial score (nSPS) is 16.9. The van der Waals surface area contributed by atoms with Crippen LogP contribution in [0.15, 0.2) is 87.5 Å². The maximum atomic E-state index is 15.4. The highest BCUT2D eigenvalue weighted by molar-refractivity contribution is 8.33. The largest absolute Gasteiger partial charge is 0.481 e. The van der Waals surface area contributed by atoms with E-state index in [1.54, 1.807) is 74.5 Å². The molecule has 1 aliphatic heterocycles. The van der Waals surface area contributed by atoms with E-state index in [4.69, 9.17) is 13.1 Å². The van der Waals surface area contributed by atoms with Crippen molar-refractivity contribution in [3.05, 3.63) is 83.9 Å². The Labute approximate surface area is 275 Å². The molecule has 47 heavy (non-hydrogen) atoms. The van der Waals surface area contributed by atoms with Gasteiger partial charge in [-0.2, -0.15) is 17.2 Å². The van der Waals surface area contributed by atoms with Crippen LogP contribution >= 0.6 is 10.3 Å². The molecule has 0 bridgehead atoms. The molecule has 1 aliphatic carbocycles. The van der Waals surface area contributed by atoms with Crippen LogP contribution in [0, 0.1) is 13.8 Å². The Hall–Kier alpha value is -3.74. The first-order valence-electron chi connectivity index (χ1n) is 15.3. The fourth-order valence-electron chi connectivity index (χ4n) is 6.15. The van der Waals surface area contributed by atoms with Gasteiger partial charge in [0.05, 0.1) is 0 Å². The fourth-order valence-corrected chi connectivity index (χ4v) is 11.7. The molecule has 2 aliphatic rings. The number of carbonyl (C=O) groups excluding carboxylic acids is 2. The second-order valence-corrected chi connectivity index (χ2v) is 16.5. The summed E-state index contributed by atoms with van der Waals surface area (Å²) in [5, 5.41) is -4.59. The number of alkyl halides is 2. The second-order valence-electron chi connectivity index (χ2n) is 12.0. The number of hydrogen-bond donors (Lipinski definition) is 0. The van der Waals surface area contributed by atoms with Crippen LogP contribution in [0.1, 0.15) is 57.1 Å². The Morgan fingerprint density at radius 2 is 1.49 bits per heavy atom. The molecule has 12 heteroatoms. The molecule has 0 aromatic heterocycles. The maximum absolute atomic E-state index is 15.4. The molecule has 3 aromatic rings. The standard InChI is InChI=1S/C35H38F2O8S2/c1-6-34(17-11-12-18-34)44-31(38)21-42-32-24(4)19-26(20-25(32)5)46(45-47(40,41)35(36,37)22-43-33(39)23(2)3)29-15-9-7-13-27(29)28-14-8-10-16-30(28)46/h7-10,13-16,19-20H,2,6,11-12,17-18,21-22H2,1,3-5H3. The lowest BCUT2D eigenvalue weighted by Crippen LogP contribution is -2.37.